The first-order chi connectivity index (χ1) is 24.8. The third-order valence-electron chi connectivity index (χ3n) is 8.06. The lowest BCUT2D eigenvalue weighted by Crippen LogP contribution is -2.46. The van der Waals surface area contributed by atoms with Crippen molar-refractivity contribution in [3.63, 3.8) is 0 Å². The molecule has 30 heteroatoms. The number of nitrogens with zero attached hydrogens (tertiary/aromatic N) is 8. The van der Waals surface area contributed by atoms with Gasteiger partial charge in [0.1, 0.15) is 48.5 Å². The van der Waals surface area contributed by atoms with Crippen LogP contribution in [0.15, 0.2) is 19.0 Å². The third-order valence-corrected chi connectivity index (χ3v) is 12.3. The summed E-state index contributed by atoms with van der Waals surface area (Å²) in [6, 6.07) is 0. The zero-order chi connectivity index (χ0) is 38.6. The molecule has 4 aromatic heterocycles. The molecule has 0 amide bonds. The van der Waals surface area contributed by atoms with Gasteiger partial charge in [0.05, 0.1) is 26.6 Å². The van der Waals surface area contributed by atoms with E-state index < -0.39 is 91.6 Å². The molecule has 9 N–H and O–H groups in total. The maximum atomic E-state index is 12.7. The fourth-order valence-electron chi connectivity index (χ4n) is 5.84. The number of imidazole rings is 2. The van der Waals surface area contributed by atoms with Crippen LogP contribution in [0.2, 0.25) is 0 Å². The maximum absolute atomic E-state index is 12.7. The molecule has 2 aliphatic rings. The third kappa shape index (κ3) is 7.92. The van der Waals surface area contributed by atoms with Crippen molar-refractivity contribution in [2.75, 3.05) is 38.9 Å². The van der Waals surface area contributed by atoms with Crippen molar-refractivity contribution in [1.82, 2.24) is 34.1 Å². The standard InChI is InChI=1S/C23H33N10O17P3/c1-31-8-33(19-12(31)20(36)30-23(25)29-19)21-14(35)15(43-2)10(48-21)5-46-52(39,40)50-53(41,42)49-51(37,38)45-4-9-13(34)16(44-3)22(47-9)32-7-28-11-17(24)26-6-27-18(11)32/h6-10,13-16,21-22,34-35H,4-5H2,1-3H3,(H7-,24,25,26,27,29,30,36,37,38,39,40,41,42)/t9-,10-,13+,14?,15+,16?,21-,22-/m1/s1. The Morgan fingerprint density at radius 3 is 2.19 bits per heavy atom. The zero-order valence-corrected chi connectivity index (χ0v) is 30.2. The van der Waals surface area contributed by atoms with E-state index in [9.17, 15) is 43.7 Å². The monoisotopic (exact) mass is 814 g/mol. The summed E-state index contributed by atoms with van der Waals surface area (Å²) in [5.74, 6) is -1.01. The van der Waals surface area contributed by atoms with E-state index in [-0.39, 0.29) is 34.1 Å². The number of methoxy groups -OCH3 is 2. The average molecular weight is 814 g/mol. The minimum Gasteiger partial charge on any atom is -0.856 e. The number of phosphoric ester groups is 2. The molecule has 27 nitrogen and oxygen atoms in total. The van der Waals surface area contributed by atoms with Crippen molar-refractivity contribution < 1.29 is 84.9 Å². The largest absolute Gasteiger partial charge is 0.856 e. The topological polar surface area (TPSA) is 379 Å². The minimum atomic E-state index is -5.93. The first-order valence-electron chi connectivity index (χ1n) is 14.9. The molecule has 0 aromatic carbocycles. The molecule has 2 aliphatic heterocycles. The summed E-state index contributed by atoms with van der Waals surface area (Å²) in [6.45, 7) is -1.86. The van der Waals surface area contributed by atoms with Gasteiger partial charge < -0.3 is 60.4 Å². The highest BCUT2D eigenvalue weighted by Crippen LogP contribution is 2.68. The lowest BCUT2D eigenvalue weighted by molar-refractivity contribution is -0.745. The number of fused-ring (bicyclic) bond motifs is 2. The molecule has 292 valence electrons. The molecule has 6 rings (SSSR count). The molecular weight excluding hydrogens is 781 g/mol. The van der Waals surface area contributed by atoms with Gasteiger partial charge >= 0.3 is 29.1 Å². The van der Waals surface area contributed by atoms with Crippen LogP contribution in [0.1, 0.15) is 12.5 Å². The minimum absolute atomic E-state index is 0.0146. The van der Waals surface area contributed by atoms with Crippen LogP contribution in [0.5, 0.6) is 5.88 Å². The van der Waals surface area contributed by atoms with Crippen LogP contribution in [0.4, 0.5) is 11.8 Å². The quantitative estimate of drug-likeness (QED) is 0.0501. The van der Waals surface area contributed by atoms with Crippen molar-refractivity contribution in [2.24, 2.45) is 7.05 Å². The van der Waals surface area contributed by atoms with Gasteiger partial charge in [0, 0.05) is 20.1 Å². The molecule has 11 atom stereocenters. The summed E-state index contributed by atoms with van der Waals surface area (Å²) < 4.78 is 81.7. The Kier molecular flexibility index (Phi) is 10.9. The van der Waals surface area contributed by atoms with E-state index in [2.05, 4.69) is 33.5 Å². The predicted molar refractivity (Wildman–Crippen MR) is 167 cm³/mol. The fraction of sp³-hybridized carbons (Fsp3) is 0.565. The van der Waals surface area contributed by atoms with Gasteiger partial charge in [-0.1, -0.05) is 4.98 Å². The van der Waals surface area contributed by atoms with E-state index in [1.165, 1.54) is 54.0 Å². The Morgan fingerprint density at radius 2 is 1.55 bits per heavy atom. The van der Waals surface area contributed by atoms with E-state index in [1.807, 2.05) is 0 Å². The summed E-state index contributed by atoms with van der Waals surface area (Å²) in [6.07, 6.45) is -6.77. The van der Waals surface area contributed by atoms with Crippen molar-refractivity contribution in [3.05, 3.63) is 19.0 Å². The average Bonchev–Trinajstić information content (AvgIpc) is 3.80. The Labute approximate surface area is 296 Å². The molecule has 5 unspecified atom stereocenters. The fourth-order valence-corrected chi connectivity index (χ4v) is 9.36. The molecule has 0 saturated carbocycles. The molecule has 0 spiro atoms. The van der Waals surface area contributed by atoms with Gasteiger partial charge in [-0.15, -0.1) is 0 Å². The Balaban J connectivity index is 1.06. The lowest BCUT2D eigenvalue weighted by Gasteiger charge is -2.21. The molecular formula is C23H33N10O17P3. The number of aliphatic hydroxyl groups excluding tert-OH is 2. The number of anilines is 2. The molecule has 2 fully saturated rings. The normalized spacial score (nSPS) is 29.7. The first kappa shape index (κ1) is 39.4. The van der Waals surface area contributed by atoms with Gasteiger partial charge in [-0.05, 0) is 0 Å². The molecule has 2 saturated heterocycles. The van der Waals surface area contributed by atoms with Gasteiger partial charge in [-0.25, -0.2) is 38.2 Å². The number of aromatic nitrogens is 8. The predicted octanol–water partition coefficient (Wildman–Crippen LogP) is -2.75. The van der Waals surface area contributed by atoms with Crippen molar-refractivity contribution in [1.29, 1.82) is 0 Å². The van der Waals surface area contributed by atoms with E-state index in [0.29, 0.717) is 0 Å². The van der Waals surface area contributed by atoms with Gasteiger partial charge in [0.15, 0.2) is 29.5 Å². The Bertz CT molecular complexity index is 2140. The number of aliphatic hydroxyl groups is 2. The lowest BCUT2D eigenvalue weighted by atomic mass is 10.1. The first-order valence-corrected chi connectivity index (χ1v) is 19.4. The highest BCUT2D eigenvalue weighted by Gasteiger charge is 2.51. The van der Waals surface area contributed by atoms with Crippen molar-refractivity contribution in [3.8, 4) is 5.88 Å². The van der Waals surface area contributed by atoms with Gasteiger partial charge in [0.2, 0.25) is 6.23 Å². The Morgan fingerprint density at radius 1 is 0.906 bits per heavy atom. The maximum Gasteiger partial charge on any atom is 0.490 e. The smallest absolute Gasteiger partial charge is 0.490 e. The number of ether oxygens (including phenoxy) is 4. The molecule has 0 aliphatic carbocycles. The Hall–Kier alpha value is -3.33. The van der Waals surface area contributed by atoms with E-state index in [0.717, 1.165) is 0 Å². The van der Waals surface area contributed by atoms with Crippen LogP contribution in [-0.4, -0.2) is 123 Å². The van der Waals surface area contributed by atoms with Crippen LogP contribution in [0, 0.1) is 0 Å². The van der Waals surface area contributed by atoms with Crippen LogP contribution in [0.3, 0.4) is 0 Å². The number of hydrogen-bond donors (Lipinski definition) is 7. The highest BCUT2D eigenvalue weighted by atomic mass is 31.3. The van der Waals surface area contributed by atoms with Crippen molar-refractivity contribution >= 4 is 57.6 Å². The van der Waals surface area contributed by atoms with Crippen LogP contribution >= 0.6 is 23.5 Å². The van der Waals surface area contributed by atoms with Crippen LogP contribution in [-0.2, 0) is 57.4 Å². The summed E-state index contributed by atoms with van der Waals surface area (Å²) in [5, 5.41) is 34.1. The zero-order valence-electron chi connectivity index (χ0n) is 27.5. The number of phosphoric acid groups is 3. The summed E-state index contributed by atoms with van der Waals surface area (Å²) in [4.78, 5) is 50.0. The van der Waals surface area contributed by atoms with E-state index in [4.69, 9.17) is 39.5 Å². The number of hydrogen-bond acceptors (Lipinski definition) is 21. The van der Waals surface area contributed by atoms with Crippen LogP contribution in [0.25, 0.3) is 22.3 Å². The summed E-state index contributed by atoms with van der Waals surface area (Å²) in [7, 11) is -13.2. The van der Waals surface area contributed by atoms with Gasteiger partial charge in [-0.2, -0.15) is 8.62 Å². The van der Waals surface area contributed by atoms with E-state index in [1.54, 1.807) is 0 Å². The molecule has 0 bridgehead atoms. The molecule has 6 heterocycles. The second kappa shape index (κ2) is 14.7. The van der Waals surface area contributed by atoms with Gasteiger partial charge in [0.25, 0.3) is 5.95 Å². The molecule has 53 heavy (non-hydrogen) atoms. The summed E-state index contributed by atoms with van der Waals surface area (Å²) in [5.41, 5.74) is 11.8. The van der Waals surface area contributed by atoms with Crippen LogP contribution < -0.4 is 21.1 Å². The highest BCUT2D eigenvalue weighted by molar-refractivity contribution is 7.66. The number of nitrogens with two attached hydrogens (primary N) is 2. The SMILES string of the molecule is COC1[C@@H](O)[C@@H](COP(=O)(O)OP(=O)(O)OP(=O)(O)OC[C@H]2O[C@@H]([n+]3cn(C)c4c([O-])nc(N)nc43)C(O)[C@H]2OC)O[C@H]1n1cnc2c(N)ncnc21. The van der Waals surface area contributed by atoms with E-state index >= 15 is 0 Å². The molecule has 0 radical (unpaired) electrons. The molecule has 4 aromatic rings. The number of rotatable bonds is 14. The number of aryl methyl sites for hydroxylation is 1. The second-order valence-electron chi connectivity index (χ2n) is 11.4. The van der Waals surface area contributed by atoms with Crippen molar-refractivity contribution in [2.45, 2.75) is 49.1 Å². The summed E-state index contributed by atoms with van der Waals surface area (Å²) >= 11 is 0. The van der Waals surface area contributed by atoms with Gasteiger partial charge in [-0.3, -0.25) is 18.2 Å². The number of nitrogen functional groups attached to an aromatic ring is 2. The second-order valence-corrected chi connectivity index (χ2v) is 16.1.